The topological polar surface area (TPSA) is 79.8 Å². The van der Waals surface area contributed by atoms with Crippen molar-refractivity contribution in [1.29, 1.82) is 0 Å². The normalized spacial score (nSPS) is 10.9. The molecule has 0 unspecified atom stereocenters. The zero-order chi connectivity index (χ0) is 19.8. The minimum Gasteiger partial charge on any atom is -0.396 e. The Morgan fingerprint density at radius 3 is 2.33 bits per heavy atom. The standard InChI is InChI=1S/C19H19F2N3O3/c1-12(2)11-27-22-10-13-6-8-14(9-7-13)23-19(26)24-18(25)17-15(20)4-3-5-16(17)21/h3-10,12H,11H2,1-2H3,(H2,23,24,25,26)/b22-10+. The minimum absolute atomic E-state index is 0.368. The van der Waals surface area contributed by atoms with E-state index in [-0.39, 0.29) is 0 Å². The van der Waals surface area contributed by atoms with Crippen LogP contribution >= 0.6 is 0 Å². The number of nitrogens with zero attached hydrogens (tertiary/aromatic N) is 1. The van der Waals surface area contributed by atoms with Gasteiger partial charge in [0.2, 0.25) is 0 Å². The number of carbonyl (C=O) groups is 2. The van der Waals surface area contributed by atoms with Crippen LogP contribution in [0, 0.1) is 17.6 Å². The monoisotopic (exact) mass is 375 g/mol. The molecule has 0 saturated heterocycles. The number of hydrogen-bond acceptors (Lipinski definition) is 4. The molecular formula is C19H19F2N3O3. The number of imide groups is 1. The van der Waals surface area contributed by atoms with E-state index >= 15 is 0 Å². The van der Waals surface area contributed by atoms with E-state index in [1.54, 1.807) is 24.3 Å². The Balaban J connectivity index is 1.91. The predicted octanol–water partition coefficient (Wildman–Crippen LogP) is 3.93. The smallest absolute Gasteiger partial charge is 0.326 e. The fraction of sp³-hybridized carbons (Fsp3) is 0.211. The molecule has 3 amide bonds. The molecule has 8 heteroatoms. The summed E-state index contributed by atoms with van der Waals surface area (Å²) in [4.78, 5) is 28.8. The molecule has 6 nitrogen and oxygen atoms in total. The van der Waals surface area contributed by atoms with Gasteiger partial charge in [-0.25, -0.2) is 13.6 Å². The summed E-state index contributed by atoms with van der Waals surface area (Å²) >= 11 is 0. The number of halogens is 2. The van der Waals surface area contributed by atoms with E-state index in [9.17, 15) is 18.4 Å². The van der Waals surface area contributed by atoms with Gasteiger partial charge in [0.15, 0.2) is 0 Å². The average molecular weight is 375 g/mol. The lowest BCUT2D eigenvalue weighted by Crippen LogP contribution is -2.35. The van der Waals surface area contributed by atoms with E-state index in [0.717, 1.165) is 23.8 Å². The van der Waals surface area contributed by atoms with E-state index in [0.29, 0.717) is 18.2 Å². The molecule has 0 atom stereocenters. The fourth-order valence-electron chi connectivity index (χ4n) is 1.99. The average Bonchev–Trinajstić information content (AvgIpc) is 2.59. The summed E-state index contributed by atoms with van der Waals surface area (Å²) in [6.07, 6.45) is 1.52. The molecule has 0 aliphatic carbocycles. The zero-order valence-corrected chi connectivity index (χ0v) is 14.8. The molecule has 0 bridgehead atoms. The van der Waals surface area contributed by atoms with Gasteiger partial charge < -0.3 is 10.2 Å². The van der Waals surface area contributed by atoms with Crippen molar-refractivity contribution in [2.45, 2.75) is 13.8 Å². The first-order valence-corrected chi connectivity index (χ1v) is 8.18. The van der Waals surface area contributed by atoms with Crippen LogP contribution in [0.2, 0.25) is 0 Å². The van der Waals surface area contributed by atoms with Crippen LogP contribution in [0.15, 0.2) is 47.6 Å². The third kappa shape index (κ3) is 6.18. The first-order chi connectivity index (χ1) is 12.9. The van der Waals surface area contributed by atoms with Crippen molar-refractivity contribution in [3.05, 3.63) is 65.2 Å². The van der Waals surface area contributed by atoms with Gasteiger partial charge in [-0.05, 0) is 35.7 Å². The van der Waals surface area contributed by atoms with Gasteiger partial charge in [0, 0.05) is 5.69 Å². The summed E-state index contributed by atoms with van der Waals surface area (Å²) in [6.45, 7) is 4.52. The van der Waals surface area contributed by atoms with Crippen LogP contribution in [-0.2, 0) is 4.84 Å². The molecule has 0 fully saturated rings. The van der Waals surface area contributed by atoms with E-state index in [2.05, 4.69) is 10.5 Å². The van der Waals surface area contributed by atoms with E-state index in [1.807, 2.05) is 19.2 Å². The van der Waals surface area contributed by atoms with Gasteiger partial charge in [-0.1, -0.05) is 37.2 Å². The van der Waals surface area contributed by atoms with Crippen molar-refractivity contribution in [3.63, 3.8) is 0 Å². The number of amides is 3. The van der Waals surface area contributed by atoms with Crippen LogP contribution in [-0.4, -0.2) is 24.8 Å². The summed E-state index contributed by atoms with van der Waals surface area (Å²) in [5.74, 6) is -2.91. The maximum atomic E-state index is 13.5. The molecule has 0 heterocycles. The number of urea groups is 1. The van der Waals surface area contributed by atoms with Crippen LogP contribution in [0.25, 0.3) is 0 Å². The van der Waals surface area contributed by atoms with Gasteiger partial charge in [0.1, 0.15) is 23.8 Å². The van der Waals surface area contributed by atoms with E-state index in [4.69, 9.17) is 4.84 Å². The van der Waals surface area contributed by atoms with Crippen LogP contribution in [0.4, 0.5) is 19.3 Å². The molecule has 2 rings (SSSR count). The Hall–Kier alpha value is -3.29. The summed E-state index contributed by atoms with van der Waals surface area (Å²) in [5, 5.41) is 8.10. The van der Waals surface area contributed by atoms with Crippen molar-refractivity contribution in [2.75, 3.05) is 11.9 Å². The quantitative estimate of drug-likeness (QED) is 0.593. The molecule has 2 aromatic carbocycles. The Labute approximate surface area is 155 Å². The number of nitrogens with one attached hydrogen (secondary N) is 2. The Bertz CT molecular complexity index is 816. The number of hydrogen-bond donors (Lipinski definition) is 2. The highest BCUT2D eigenvalue weighted by Crippen LogP contribution is 2.12. The fourth-order valence-corrected chi connectivity index (χ4v) is 1.99. The Morgan fingerprint density at radius 2 is 1.74 bits per heavy atom. The third-order valence-corrected chi connectivity index (χ3v) is 3.27. The van der Waals surface area contributed by atoms with Crippen molar-refractivity contribution in [2.24, 2.45) is 11.1 Å². The number of rotatable bonds is 6. The summed E-state index contributed by atoms with van der Waals surface area (Å²) < 4.78 is 27.1. The molecule has 0 aliphatic rings. The molecular weight excluding hydrogens is 356 g/mol. The summed E-state index contributed by atoms with van der Waals surface area (Å²) in [5.41, 5.74) is 0.310. The maximum Gasteiger partial charge on any atom is 0.326 e. The van der Waals surface area contributed by atoms with Crippen molar-refractivity contribution >= 4 is 23.8 Å². The lowest BCUT2D eigenvalue weighted by Gasteiger charge is -2.08. The lowest BCUT2D eigenvalue weighted by atomic mass is 10.2. The van der Waals surface area contributed by atoms with Gasteiger partial charge >= 0.3 is 6.03 Å². The minimum atomic E-state index is -1.17. The number of anilines is 1. The molecule has 0 aromatic heterocycles. The molecule has 0 spiro atoms. The lowest BCUT2D eigenvalue weighted by molar-refractivity contribution is 0.0959. The van der Waals surface area contributed by atoms with Crippen LogP contribution in [0.1, 0.15) is 29.8 Å². The zero-order valence-electron chi connectivity index (χ0n) is 14.8. The molecule has 0 saturated carbocycles. The molecule has 0 radical (unpaired) electrons. The van der Waals surface area contributed by atoms with Crippen LogP contribution < -0.4 is 10.6 Å². The van der Waals surface area contributed by atoms with Gasteiger partial charge in [0.25, 0.3) is 5.91 Å². The molecule has 27 heavy (non-hydrogen) atoms. The van der Waals surface area contributed by atoms with Crippen LogP contribution in [0.3, 0.4) is 0 Å². The SMILES string of the molecule is CC(C)CO/N=C/c1ccc(NC(=O)NC(=O)c2c(F)cccc2F)cc1. The van der Waals surface area contributed by atoms with Gasteiger partial charge in [0.05, 0.1) is 6.21 Å². The van der Waals surface area contributed by atoms with Gasteiger partial charge in [-0.2, -0.15) is 0 Å². The second kappa shape index (κ2) is 9.42. The number of carbonyl (C=O) groups excluding carboxylic acids is 2. The van der Waals surface area contributed by atoms with Gasteiger partial charge in [-0.3, -0.25) is 10.1 Å². The number of benzene rings is 2. The van der Waals surface area contributed by atoms with Crippen molar-refractivity contribution < 1.29 is 23.2 Å². The molecule has 142 valence electrons. The largest absolute Gasteiger partial charge is 0.396 e. The van der Waals surface area contributed by atoms with Crippen molar-refractivity contribution in [3.8, 4) is 0 Å². The summed E-state index contributed by atoms with van der Waals surface area (Å²) in [7, 11) is 0. The first kappa shape index (κ1) is 20.0. The highest BCUT2D eigenvalue weighted by molar-refractivity contribution is 6.08. The van der Waals surface area contributed by atoms with E-state index in [1.165, 1.54) is 6.21 Å². The molecule has 2 N–H and O–H groups in total. The van der Waals surface area contributed by atoms with Crippen molar-refractivity contribution in [1.82, 2.24) is 5.32 Å². The Kier molecular flexibility index (Phi) is 6.99. The predicted molar refractivity (Wildman–Crippen MR) is 97.7 cm³/mol. The van der Waals surface area contributed by atoms with Crippen LogP contribution in [0.5, 0.6) is 0 Å². The molecule has 0 aliphatic heterocycles. The Morgan fingerprint density at radius 1 is 1.11 bits per heavy atom. The third-order valence-electron chi connectivity index (χ3n) is 3.27. The van der Waals surface area contributed by atoms with Gasteiger partial charge in [-0.15, -0.1) is 0 Å². The maximum absolute atomic E-state index is 13.5. The molecule has 2 aromatic rings. The number of oxime groups is 1. The first-order valence-electron chi connectivity index (χ1n) is 8.18. The second-order valence-corrected chi connectivity index (χ2v) is 6.05. The second-order valence-electron chi connectivity index (χ2n) is 6.05. The highest BCUT2D eigenvalue weighted by Gasteiger charge is 2.19. The highest BCUT2D eigenvalue weighted by atomic mass is 19.1. The van der Waals surface area contributed by atoms with E-state index < -0.39 is 29.1 Å². The summed E-state index contributed by atoms with van der Waals surface area (Å²) in [6, 6.07) is 8.59.